The minimum atomic E-state index is -0.801. The lowest BCUT2D eigenvalue weighted by molar-refractivity contribution is -0.383. The van der Waals surface area contributed by atoms with Gasteiger partial charge in [-0.05, 0) is 32.3 Å². The predicted octanol–water partition coefficient (Wildman–Crippen LogP) is 2.19. The molecule has 0 radical (unpaired) electrons. The molecule has 1 atom stereocenters. The van der Waals surface area contributed by atoms with E-state index in [9.17, 15) is 19.7 Å². The lowest BCUT2D eigenvalue weighted by atomic mass is 10.1. The number of benzene rings is 1. The minimum Gasteiger partial charge on any atom is -0.450 e. The molecular formula is C16H23N5O5. The minimum absolute atomic E-state index is 0.0749. The molecule has 0 saturated carbocycles. The number of nitrogens with zero attached hydrogens (tertiary/aromatic N) is 2. The molecule has 1 aliphatic heterocycles. The van der Waals surface area contributed by atoms with E-state index in [1.807, 2.05) is 6.92 Å². The summed E-state index contributed by atoms with van der Waals surface area (Å²) in [4.78, 5) is 34.9. The Labute approximate surface area is 150 Å². The van der Waals surface area contributed by atoms with Gasteiger partial charge >= 0.3 is 12.1 Å². The van der Waals surface area contributed by atoms with Crippen molar-refractivity contribution in [1.82, 2.24) is 5.32 Å². The molecule has 1 fully saturated rings. The Morgan fingerprint density at radius 2 is 2.27 bits per heavy atom. The number of unbranched alkanes of at least 4 members (excludes halogenated alkanes) is 1. The summed E-state index contributed by atoms with van der Waals surface area (Å²) in [5.74, 6) is 0. The molecule has 0 bridgehead atoms. The second-order valence-electron chi connectivity index (χ2n) is 6.02. The molecule has 1 unspecified atom stereocenters. The first kappa shape index (κ1) is 19.3. The van der Waals surface area contributed by atoms with Gasteiger partial charge in [0.15, 0.2) is 0 Å². The van der Waals surface area contributed by atoms with Crippen molar-refractivity contribution in [3.8, 4) is 0 Å². The van der Waals surface area contributed by atoms with Gasteiger partial charge in [0.25, 0.3) is 5.69 Å². The molecule has 1 heterocycles. The monoisotopic (exact) mass is 365 g/mol. The van der Waals surface area contributed by atoms with Crippen LogP contribution < -0.4 is 21.3 Å². The van der Waals surface area contributed by atoms with Gasteiger partial charge in [-0.25, -0.2) is 9.59 Å². The number of anilines is 2. The standard InChI is InChI=1S/C16H23N5O5/c1-11(5-2-3-10-26-15(17)22)19-14-12(20-9-8-18-16(20)23)6-4-7-13(14)21(24)25/h4,6-7,11,19H,2-3,5,8-10H2,1H3,(H2,17,22)(H,18,23). The van der Waals surface area contributed by atoms with Crippen LogP contribution >= 0.6 is 0 Å². The molecule has 3 amide bonds. The van der Waals surface area contributed by atoms with Crippen LogP contribution in [0.3, 0.4) is 0 Å². The topological polar surface area (TPSA) is 140 Å². The highest BCUT2D eigenvalue weighted by Gasteiger charge is 2.28. The van der Waals surface area contributed by atoms with E-state index in [-0.39, 0.29) is 24.4 Å². The molecule has 10 nitrogen and oxygen atoms in total. The highest BCUT2D eigenvalue weighted by molar-refractivity contribution is 5.99. The molecule has 1 aromatic carbocycles. The van der Waals surface area contributed by atoms with Crippen molar-refractivity contribution < 1.29 is 19.2 Å². The van der Waals surface area contributed by atoms with Crippen LogP contribution in [0.25, 0.3) is 0 Å². The van der Waals surface area contributed by atoms with E-state index in [4.69, 9.17) is 5.73 Å². The molecule has 4 N–H and O–H groups in total. The van der Waals surface area contributed by atoms with Crippen molar-refractivity contribution in [2.75, 3.05) is 29.9 Å². The van der Waals surface area contributed by atoms with E-state index in [0.717, 1.165) is 6.42 Å². The summed E-state index contributed by atoms with van der Waals surface area (Å²) in [6.07, 6.45) is 1.30. The second-order valence-corrected chi connectivity index (χ2v) is 6.02. The number of ether oxygens (including phenoxy) is 1. The number of para-hydroxylation sites is 1. The molecule has 10 heteroatoms. The summed E-state index contributed by atoms with van der Waals surface area (Å²) >= 11 is 0. The Hall–Kier alpha value is -3.04. The number of nitrogens with two attached hydrogens (primary N) is 1. The zero-order chi connectivity index (χ0) is 19.1. The highest BCUT2D eigenvalue weighted by atomic mass is 16.6. The van der Waals surface area contributed by atoms with Gasteiger partial charge in [-0.2, -0.15) is 0 Å². The summed E-state index contributed by atoms with van der Waals surface area (Å²) in [5.41, 5.74) is 5.63. The Morgan fingerprint density at radius 1 is 1.50 bits per heavy atom. The van der Waals surface area contributed by atoms with Gasteiger partial charge in [0.2, 0.25) is 0 Å². The number of hydrogen-bond acceptors (Lipinski definition) is 6. The van der Waals surface area contributed by atoms with Crippen LogP contribution in [-0.4, -0.2) is 42.8 Å². The number of hydrogen-bond donors (Lipinski definition) is 3. The quantitative estimate of drug-likeness (QED) is 0.348. The van der Waals surface area contributed by atoms with E-state index in [1.165, 1.54) is 11.0 Å². The van der Waals surface area contributed by atoms with Crippen LogP contribution in [0.5, 0.6) is 0 Å². The maximum atomic E-state index is 12.0. The fourth-order valence-corrected chi connectivity index (χ4v) is 2.80. The zero-order valence-electron chi connectivity index (χ0n) is 14.6. The van der Waals surface area contributed by atoms with Crippen molar-refractivity contribution in [3.05, 3.63) is 28.3 Å². The van der Waals surface area contributed by atoms with Gasteiger partial charge in [-0.1, -0.05) is 6.07 Å². The van der Waals surface area contributed by atoms with E-state index in [2.05, 4.69) is 15.4 Å². The van der Waals surface area contributed by atoms with E-state index < -0.39 is 11.0 Å². The maximum Gasteiger partial charge on any atom is 0.404 e. The number of amides is 3. The Bertz CT molecular complexity index is 681. The number of carbonyl (C=O) groups is 2. The average molecular weight is 365 g/mol. The Balaban J connectivity index is 2.07. The number of carbonyl (C=O) groups excluding carboxylic acids is 2. The van der Waals surface area contributed by atoms with Gasteiger partial charge in [-0.3, -0.25) is 15.0 Å². The van der Waals surface area contributed by atoms with Crippen LogP contribution in [0.15, 0.2) is 18.2 Å². The molecule has 26 heavy (non-hydrogen) atoms. The maximum absolute atomic E-state index is 12.0. The summed E-state index contributed by atoms with van der Waals surface area (Å²) in [6.45, 7) is 3.09. The third-order valence-electron chi connectivity index (χ3n) is 4.03. The average Bonchev–Trinajstić information content (AvgIpc) is 3.00. The molecule has 0 aliphatic carbocycles. The summed E-state index contributed by atoms with van der Waals surface area (Å²) < 4.78 is 4.67. The van der Waals surface area contributed by atoms with Crippen LogP contribution in [0, 0.1) is 10.1 Å². The van der Waals surface area contributed by atoms with Gasteiger partial charge in [0, 0.05) is 25.2 Å². The molecule has 1 aromatic rings. The highest BCUT2D eigenvalue weighted by Crippen LogP contribution is 2.36. The number of urea groups is 1. The summed E-state index contributed by atoms with van der Waals surface area (Å²) in [5, 5.41) is 17.3. The first-order chi connectivity index (χ1) is 12.4. The van der Waals surface area contributed by atoms with Gasteiger partial charge < -0.3 is 21.1 Å². The van der Waals surface area contributed by atoms with E-state index >= 15 is 0 Å². The fourth-order valence-electron chi connectivity index (χ4n) is 2.80. The first-order valence-corrected chi connectivity index (χ1v) is 8.41. The van der Waals surface area contributed by atoms with Crippen LogP contribution in [0.2, 0.25) is 0 Å². The van der Waals surface area contributed by atoms with Crippen molar-refractivity contribution in [3.63, 3.8) is 0 Å². The van der Waals surface area contributed by atoms with Crippen molar-refractivity contribution >= 4 is 29.2 Å². The Morgan fingerprint density at radius 3 is 2.88 bits per heavy atom. The smallest absolute Gasteiger partial charge is 0.404 e. The third-order valence-corrected chi connectivity index (χ3v) is 4.03. The largest absolute Gasteiger partial charge is 0.450 e. The summed E-state index contributed by atoms with van der Waals surface area (Å²) in [6, 6.07) is 4.32. The van der Waals surface area contributed by atoms with Gasteiger partial charge in [-0.15, -0.1) is 0 Å². The normalized spacial score (nSPS) is 14.7. The predicted molar refractivity (Wildman–Crippen MR) is 96.3 cm³/mol. The number of nitrogens with one attached hydrogen (secondary N) is 2. The van der Waals surface area contributed by atoms with Crippen molar-refractivity contribution in [1.29, 1.82) is 0 Å². The molecule has 1 aliphatic rings. The summed E-state index contributed by atoms with van der Waals surface area (Å²) in [7, 11) is 0. The number of nitro groups is 1. The lowest BCUT2D eigenvalue weighted by Gasteiger charge is -2.22. The van der Waals surface area contributed by atoms with Gasteiger partial charge in [0.1, 0.15) is 5.69 Å². The molecule has 142 valence electrons. The molecular weight excluding hydrogens is 342 g/mol. The number of primary amides is 1. The van der Waals surface area contributed by atoms with E-state index in [1.54, 1.807) is 12.1 Å². The molecule has 1 saturated heterocycles. The molecule has 0 aromatic heterocycles. The lowest BCUT2D eigenvalue weighted by Crippen LogP contribution is -2.29. The van der Waals surface area contributed by atoms with E-state index in [0.29, 0.717) is 37.3 Å². The first-order valence-electron chi connectivity index (χ1n) is 8.41. The second kappa shape index (κ2) is 8.88. The third kappa shape index (κ3) is 4.98. The van der Waals surface area contributed by atoms with Crippen molar-refractivity contribution in [2.24, 2.45) is 5.73 Å². The van der Waals surface area contributed by atoms with Crippen LogP contribution in [0.4, 0.5) is 26.7 Å². The van der Waals surface area contributed by atoms with Crippen molar-refractivity contribution in [2.45, 2.75) is 32.2 Å². The van der Waals surface area contributed by atoms with Gasteiger partial charge in [0.05, 0.1) is 17.2 Å². The fraction of sp³-hybridized carbons (Fsp3) is 0.500. The molecule has 0 spiro atoms. The Kier molecular flexibility index (Phi) is 6.59. The van der Waals surface area contributed by atoms with Crippen LogP contribution in [-0.2, 0) is 4.74 Å². The van der Waals surface area contributed by atoms with Crippen LogP contribution in [0.1, 0.15) is 26.2 Å². The number of nitro benzene ring substituents is 1. The number of rotatable bonds is 9. The zero-order valence-corrected chi connectivity index (χ0v) is 14.6. The SMILES string of the molecule is CC(CCCCOC(N)=O)Nc1c(N2CCNC2=O)cccc1[N+](=O)[O-]. The molecule has 2 rings (SSSR count).